The van der Waals surface area contributed by atoms with Crippen LogP contribution in [0.5, 0.6) is 0 Å². The van der Waals surface area contributed by atoms with Crippen molar-refractivity contribution >= 4 is 34.9 Å². The molecule has 1 aromatic rings. The van der Waals surface area contributed by atoms with Crippen LogP contribution in [0.15, 0.2) is 0 Å². The van der Waals surface area contributed by atoms with Crippen molar-refractivity contribution in [3.05, 3.63) is 15.6 Å². The Morgan fingerprint density at radius 1 is 1.30 bits per heavy atom. The molecule has 2 unspecified atom stereocenters. The lowest BCUT2D eigenvalue weighted by atomic mass is 10.1. The van der Waals surface area contributed by atoms with Gasteiger partial charge in [-0.15, -0.1) is 23.1 Å². The van der Waals surface area contributed by atoms with Crippen molar-refractivity contribution in [3.8, 4) is 0 Å². The Morgan fingerprint density at radius 2 is 2.05 bits per heavy atom. The average molecular weight is 331 g/mol. The third-order valence-electron chi connectivity index (χ3n) is 3.43. The molecular formula is C15H26N2S3. The molecule has 2 rings (SSSR count). The van der Waals surface area contributed by atoms with Gasteiger partial charge in [-0.05, 0) is 25.8 Å². The van der Waals surface area contributed by atoms with Crippen LogP contribution in [0.4, 0.5) is 0 Å². The topological polar surface area (TPSA) is 24.9 Å². The zero-order valence-electron chi connectivity index (χ0n) is 12.9. The first kappa shape index (κ1) is 16.7. The fourth-order valence-corrected chi connectivity index (χ4v) is 7.03. The molecule has 1 aromatic heterocycles. The smallest absolute Gasteiger partial charge is 0.107 e. The molecule has 0 amide bonds. The molecule has 0 aromatic carbocycles. The summed E-state index contributed by atoms with van der Waals surface area (Å²) in [6.07, 6.45) is 2.36. The van der Waals surface area contributed by atoms with Crippen LogP contribution in [0.3, 0.4) is 0 Å². The van der Waals surface area contributed by atoms with Gasteiger partial charge in [0.2, 0.25) is 0 Å². The summed E-state index contributed by atoms with van der Waals surface area (Å²) in [6.45, 7) is 7.83. The van der Waals surface area contributed by atoms with Gasteiger partial charge in [0.05, 0.1) is 10.9 Å². The third-order valence-corrected chi connectivity index (χ3v) is 8.01. The van der Waals surface area contributed by atoms with Gasteiger partial charge < -0.3 is 5.32 Å². The Morgan fingerprint density at radius 3 is 2.70 bits per heavy atom. The molecule has 2 nitrogen and oxygen atoms in total. The second kappa shape index (κ2) is 8.06. The van der Waals surface area contributed by atoms with Crippen molar-refractivity contribution in [2.45, 2.75) is 50.7 Å². The maximum atomic E-state index is 5.04. The van der Waals surface area contributed by atoms with Crippen LogP contribution in [-0.2, 0) is 13.0 Å². The van der Waals surface area contributed by atoms with Gasteiger partial charge >= 0.3 is 0 Å². The average Bonchev–Trinajstić information content (AvgIpc) is 2.81. The summed E-state index contributed by atoms with van der Waals surface area (Å²) in [7, 11) is 2.03. The molecule has 0 radical (unpaired) electrons. The van der Waals surface area contributed by atoms with Gasteiger partial charge in [-0.1, -0.05) is 20.8 Å². The maximum absolute atomic E-state index is 5.04. The minimum absolute atomic E-state index is 0.611. The van der Waals surface area contributed by atoms with Gasteiger partial charge in [-0.3, -0.25) is 0 Å². The molecule has 2 heterocycles. The van der Waals surface area contributed by atoms with Crippen molar-refractivity contribution in [1.82, 2.24) is 10.3 Å². The lowest BCUT2D eigenvalue weighted by molar-refractivity contribution is 0.628. The van der Waals surface area contributed by atoms with Crippen molar-refractivity contribution in [2.24, 2.45) is 5.92 Å². The molecule has 20 heavy (non-hydrogen) atoms. The van der Waals surface area contributed by atoms with Gasteiger partial charge in [0, 0.05) is 28.2 Å². The molecule has 0 spiro atoms. The first-order valence-corrected chi connectivity index (χ1v) is 10.4. The second-order valence-electron chi connectivity index (χ2n) is 5.66. The Hall–Kier alpha value is 0.290. The fourth-order valence-electron chi connectivity index (χ4n) is 2.50. The Kier molecular flexibility index (Phi) is 6.72. The molecule has 114 valence electrons. The fraction of sp³-hybridized carbons (Fsp3) is 0.800. The Balaban J connectivity index is 2.21. The van der Waals surface area contributed by atoms with Gasteiger partial charge in [-0.25, -0.2) is 4.98 Å². The van der Waals surface area contributed by atoms with E-state index < -0.39 is 0 Å². The van der Waals surface area contributed by atoms with Crippen LogP contribution in [0, 0.1) is 5.92 Å². The molecule has 1 N–H and O–H groups in total. The first-order valence-electron chi connectivity index (χ1n) is 7.52. The van der Waals surface area contributed by atoms with Crippen molar-refractivity contribution in [2.75, 3.05) is 18.6 Å². The summed E-state index contributed by atoms with van der Waals surface area (Å²) in [5, 5.41) is 6.02. The van der Waals surface area contributed by atoms with Crippen molar-refractivity contribution < 1.29 is 0 Å². The number of nitrogens with zero attached hydrogens (tertiary/aromatic N) is 1. The molecule has 5 heteroatoms. The third kappa shape index (κ3) is 4.15. The van der Waals surface area contributed by atoms with Gasteiger partial charge in [0.15, 0.2) is 0 Å². The van der Waals surface area contributed by atoms with Gasteiger partial charge in [-0.2, -0.15) is 11.8 Å². The van der Waals surface area contributed by atoms with Crippen LogP contribution in [-0.4, -0.2) is 28.8 Å². The van der Waals surface area contributed by atoms with E-state index in [1.807, 2.05) is 18.4 Å². The largest absolute Gasteiger partial charge is 0.315 e. The highest BCUT2D eigenvalue weighted by Crippen LogP contribution is 2.45. The summed E-state index contributed by atoms with van der Waals surface area (Å²) in [5.41, 5.74) is 1.33. The van der Waals surface area contributed by atoms with Crippen LogP contribution in [0.2, 0.25) is 0 Å². The summed E-state index contributed by atoms with van der Waals surface area (Å²) < 4.78 is 0. The first-order chi connectivity index (χ1) is 9.65. The van der Waals surface area contributed by atoms with Gasteiger partial charge in [0.1, 0.15) is 5.01 Å². The molecule has 1 aliphatic rings. The zero-order chi connectivity index (χ0) is 14.5. The predicted molar refractivity (Wildman–Crippen MR) is 95.2 cm³/mol. The lowest BCUT2D eigenvalue weighted by Gasteiger charge is -2.28. The molecule has 0 saturated carbocycles. The van der Waals surface area contributed by atoms with E-state index in [1.165, 1.54) is 33.5 Å². The predicted octanol–water partition coefficient (Wildman–Crippen LogP) is 4.36. The van der Waals surface area contributed by atoms with E-state index >= 15 is 0 Å². The summed E-state index contributed by atoms with van der Waals surface area (Å²) in [4.78, 5) is 6.48. The minimum atomic E-state index is 0.611. The highest BCUT2D eigenvalue weighted by Gasteiger charge is 2.29. The molecular weight excluding hydrogens is 304 g/mol. The molecule has 1 aliphatic heterocycles. The molecule has 0 aliphatic carbocycles. The van der Waals surface area contributed by atoms with E-state index in [0.717, 1.165) is 18.2 Å². The van der Waals surface area contributed by atoms with E-state index in [4.69, 9.17) is 4.98 Å². The van der Waals surface area contributed by atoms with E-state index in [-0.39, 0.29) is 0 Å². The molecule has 1 fully saturated rings. The number of hydrogen-bond donors (Lipinski definition) is 1. The van der Waals surface area contributed by atoms with Crippen molar-refractivity contribution in [1.29, 1.82) is 0 Å². The zero-order valence-corrected chi connectivity index (χ0v) is 15.4. The molecule has 2 atom stereocenters. The quantitative estimate of drug-likeness (QED) is 0.837. The Bertz CT molecular complexity index is 417. The highest BCUT2D eigenvalue weighted by molar-refractivity contribution is 8.06. The highest BCUT2D eigenvalue weighted by atomic mass is 32.2. The van der Waals surface area contributed by atoms with Crippen LogP contribution >= 0.6 is 34.9 Å². The number of thiazole rings is 1. The summed E-state index contributed by atoms with van der Waals surface area (Å²) >= 11 is 6.20. The number of hydrogen-bond acceptors (Lipinski definition) is 5. The number of aromatic nitrogens is 1. The number of nitrogens with one attached hydrogen (secondary N) is 1. The second-order valence-corrected chi connectivity index (χ2v) is 9.37. The lowest BCUT2D eigenvalue weighted by Crippen LogP contribution is -2.18. The SMILES string of the molecule is CCC1SCCSC1c1nc(CC(C)C)c(CNC)s1. The monoisotopic (exact) mass is 330 g/mol. The van der Waals surface area contributed by atoms with E-state index in [9.17, 15) is 0 Å². The molecule has 0 bridgehead atoms. The van der Waals surface area contributed by atoms with Crippen molar-refractivity contribution in [3.63, 3.8) is 0 Å². The van der Waals surface area contributed by atoms with E-state index in [2.05, 4.69) is 49.6 Å². The van der Waals surface area contributed by atoms with Gasteiger partial charge in [0.25, 0.3) is 0 Å². The molecule has 1 saturated heterocycles. The summed E-state index contributed by atoms with van der Waals surface area (Å²) in [5.74, 6) is 3.25. The van der Waals surface area contributed by atoms with E-state index in [1.54, 1.807) is 0 Å². The minimum Gasteiger partial charge on any atom is -0.315 e. The number of thioether (sulfide) groups is 2. The normalized spacial score (nSPS) is 23.4. The standard InChI is InChI=1S/C15H26N2S3/c1-5-12-14(19-7-6-18-12)15-17-11(8-10(2)3)13(20-15)9-16-4/h10,12,14,16H,5-9H2,1-4H3. The maximum Gasteiger partial charge on any atom is 0.107 e. The van der Waals surface area contributed by atoms with Crippen LogP contribution in [0.25, 0.3) is 0 Å². The Labute approximate surface area is 135 Å². The van der Waals surface area contributed by atoms with Crippen LogP contribution < -0.4 is 5.32 Å². The number of rotatable bonds is 6. The van der Waals surface area contributed by atoms with E-state index in [0.29, 0.717) is 11.2 Å². The van der Waals surface area contributed by atoms with Crippen LogP contribution in [0.1, 0.15) is 48.0 Å². The summed E-state index contributed by atoms with van der Waals surface area (Å²) in [6, 6.07) is 0.